The summed E-state index contributed by atoms with van der Waals surface area (Å²) in [5.41, 5.74) is 0. The Morgan fingerprint density at radius 3 is 2.33 bits per heavy atom. The van der Waals surface area contributed by atoms with Crippen molar-refractivity contribution >= 4 is 22.0 Å². The van der Waals surface area contributed by atoms with Gasteiger partial charge in [-0.3, -0.25) is 4.79 Å². The largest absolute Gasteiger partial charge is 0.481 e. The Hall–Kier alpha value is -1.35. The minimum absolute atomic E-state index is 0.0794. The van der Waals surface area contributed by atoms with Gasteiger partial charge in [0.05, 0.1) is 11.7 Å². The average molecular weight is 323 g/mol. The molecule has 5 N–H and O–H groups in total. The standard InChI is InChI=1S/C12H25N3O5S/c1-9(11(16)17)5-3-6-10(2)15-12(18)14-7-4-8-21(13,19)20/h9-10H,3-8H2,1-2H3,(H,16,17)(H2,13,19,20)(H2,14,15,18). The number of nitrogens with one attached hydrogen (secondary N) is 2. The highest BCUT2D eigenvalue weighted by molar-refractivity contribution is 7.89. The number of hydrogen-bond acceptors (Lipinski definition) is 4. The number of urea groups is 1. The minimum atomic E-state index is -3.49. The van der Waals surface area contributed by atoms with E-state index >= 15 is 0 Å². The average Bonchev–Trinajstić information content (AvgIpc) is 2.33. The monoisotopic (exact) mass is 323 g/mol. The molecule has 0 aliphatic heterocycles. The molecule has 0 heterocycles. The van der Waals surface area contributed by atoms with Gasteiger partial charge in [-0.15, -0.1) is 0 Å². The number of aliphatic carboxylic acids is 1. The van der Waals surface area contributed by atoms with Crippen LogP contribution in [-0.2, 0) is 14.8 Å². The van der Waals surface area contributed by atoms with E-state index in [0.29, 0.717) is 19.3 Å². The predicted molar refractivity (Wildman–Crippen MR) is 79.2 cm³/mol. The van der Waals surface area contributed by atoms with Crippen LogP contribution in [0.2, 0.25) is 0 Å². The van der Waals surface area contributed by atoms with Crippen LogP contribution in [0.4, 0.5) is 4.79 Å². The summed E-state index contributed by atoms with van der Waals surface area (Å²) in [6.07, 6.45) is 2.22. The van der Waals surface area contributed by atoms with Gasteiger partial charge in [0.25, 0.3) is 0 Å². The Kier molecular flexibility index (Phi) is 8.95. The minimum Gasteiger partial charge on any atom is -0.481 e. The van der Waals surface area contributed by atoms with Crippen LogP contribution in [-0.4, -0.2) is 43.9 Å². The fraction of sp³-hybridized carbons (Fsp3) is 0.833. The normalized spacial score (nSPS) is 14.2. The van der Waals surface area contributed by atoms with Gasteiger partial charge in [0.2, 0.25) is 10.0 Å². The Morgan fingerprint density at radius 1 is 1.19 bits per heavy atom. The van der Waals surface area contributed by atoms with E-state index in [1.54, 1.807) is 6.92 Å². The molecule has 0 aliphatic rings. The molecule has 0 rings (SSSR count). The molecule has 21 heavy (non-hydrogen) atoms. The van der Waals surface area contributed by atoms with Crippen LogP contribution in [0.3, 0.4) is 0 Å². The number of sulfonamides is 1. The van der Waals surface area contributed by atoms with Gasteiger partial charge in [0, 0.05) is 12.6 Å². The lowest BCUT2D eigenvalue weighted by Gasteiger charge is -2.15. The van der Waals surface area contributed by atoms with Crippen molar-refractivity contribution in [2.24, 2.45) is 11.1 Å². The number of carboxylic acid groups (broad SMARTS) is 1. The quantitative estimate of drug-likeness (QED) is 0.427. The van der Waals surface area contributed by atoms with Gasteiger partial charge in [-0.2, -0.15) is 0 Å². The number of hydrogen-bond donors (Lipinski definition) is 4. The van der Waals surface area contributed by atoms with E-state index in [-0.39, 0.29) is 36.7 Å². The maximum atomic E-state index is 11.5. The molecule has 0 aliphatic carbocycles. The smallest absolute Gasteiger partial charge is 0.314 e. The van der Waals surface area contributed by atoms with Crippen molar-refractivity contribution in [3.8, 4) is 0 Å². The number of rotatable bonds is 10. The fourth-order valence-corrected chi connectivity index (χ4v) is 2.22. The van der Waals surface area contributed by atoms with Gasteiger partial charge < -0.3 is 15.7 Å². The number of carbonyl (C=O) groups is 2. The Balaban J connectivity index is 3.72. The Morgan fingerprint density at radius 2 is 1.81 bits per heavy atom. The van der Waals surface area contributed by atoms with Crippen LogP contribution < -0.4 is 15.8 Å². The summed E-state index contributed by atoms with van der Waals surface area (Å²) >= 11 is 0. The van der Waals surface area contributed by atoms with Crippen LogP contribution in [0.25, 0.3) is 0 Å². The van der Waals surface area contributed by atoms with Gasteiger partial charge in [-0.05, 0) is 26.2 Å². The zero-order valence-electron chi connectivity index (χ0n) is 12.5. The Bertz CT molecular complexity index is 438. The SMILES string of the molecule is CC(CCCC(C)C(=O)O)NC(=O)NCCCS(N)(=O)=O. The summed E-state index contributed by atoms with van der Waals surface area (Å²) in [7, 11) is -3.49. The molecule has 2 atom stereocenters. The lowest BCUT2D eigenvalue weighted by molar-refractivity contribution is -0.141. The van der Waals surface area contributed by atoms with Gasteiger partial charge in [-0.25, -0.2) is 18.4 Å². The number of amides is 2. The molecular weight excluding hydrogens is 298 g/mol. The molecule has 8 nitrogen and oxygen atoms in total. The second-order valence-electron chi connectivity index (χ2n) is 5.19. The molecule has 0 bridgehead atoms. The summed E-state index contributed by atoms with van der Waals surface area (Å²) in [6, 6.07) is -0.451. The highest BCUT2D eigenvalue weighted by Crippen LogP contribution is 2.09. The second-order valence-corrected chi connectivity index (χ2v) is 6.93. The number of primary sulfonamides is 1. The summed E-state index contributed by atoms with van der Waals surface area (Å²) in [5, 5.41) is 18.8. The molecule has 9 heteroatoms. The van der Waals surface area contributed by atoms with Crippen molar-refractivity contribution in [3.05, 3.63) is 0 Å². The number of carboxylic acids is 1. The number of carbonyl (C=O) groups excluding carboxylic acids is 1. The summed E-state index contributed by atoms with van der Waals surface area (Å²) in [6.45, 7) is 3.71. The van der Waals surface area contributed by atoms with Crippen molar-refractivity contribution in [2.45, 2.75) is 45.6 Å². The van der Waals surface area contributed by atoms with E-state index in [1.165, 1.54) is 0 Å². The molecule has 0 radical (unpaired) electrons. The molecule has 2 unspecified atom stereocenters. The molecule has 0 spiro atoms. The molecule has 0 fully saturated rings. The van der Waals surface area contributed by atoms with Crippen LogP contribution in [0.1, 0.15) is 39.5 Å². The summed E-state index contributed by atoms with van der Waals surface area (Å²) in [5.74, 6) is -1.37. The first-order valence-electron chi connectivity index (χ1n) is 6.89. The van der Waals surface area contributed by atoms with Crippen LogP contribution in [0.15, 0.2) is 0 Å². The second kappa shape index (κ2) is 9.56. The molecule has 0 aromatic rings. The molecule has 0 saturated carbocycles. The summed E-state index contributed by atoms with van der Waals surface area (Å²) < 4.78 is 21.4. The van der Waals surface area contributed by atoms with Crippen LogP contribution in [0.5, 0.6) is 0 Å². The highest BCUT2D eigenvalue weighted by atomic mass is 32.2. The molecule has 0 aromatic heterocycles. The third-order valence-corrected chi connectivity index (χ3v) is 3.82. The molecule has 2 amide bonds. The van der Waals surface area contributed by atoms with Gasteiger partial charge in [0.1, 0.15) is 0 Å². The first-order chi connectivity index (χ1) is 9.61. The van der Waals surface area contributed by atoms with Gasteiger partial charge >= 0.3 is 12.0 Å². The zero-order chi connectivity index (χ0) is 16.5. The highest BCUT2D eigenvalue weighted by Gasteiger charge is 2.12. The topological polar surface area (TPSA) is 139 Å². The maximum absolute atomic E-state index is 11.5. The van der Waals surface area contributed by atoms with E-state index in [1.807, 2.05) is 6.92 Å². The van der Waals surface area contributed by atoms with Crippen molar-refractivity contribution < 1.29 is 23.1 Å². The van der Waals surface area contributed by atoms with Crippen LogP contribution in [0, 0.1) is 5.92 Å². The molecule has 0 saturated heterocycles. The van der Waals surface area contributed by atoms with Gasteiger partial charge in [-0.1, -0.05) is 13.3 Å². The van der Waals surface area contributed by atoms with E-state index in [2.05, 4.69) is 10.6 Å². The zero-order valence-corrected chi connectivity index (χ0v) is 13.3. The lowest BCUT2D eigenvalue weighted by Crippen LogP contribution is -2.41. The molecule has 124 valence electrons. The third-order valence-electron chi connectivity index (χ3n) is 2.96. The van der Waals surface area contributed by atoms with Crippen LogP contribution >= 0.6 is 0 Å². The number of nitrogens with two attached hydrogens (primary N) is 1. The molecule has 0 aromatic carbocycles. The van der Waals surface area contributed by atoms with E-state index in [0.717, 1.165) is 0 Å². The maximum Gasteiger partial charge on any atom is 0.314 e. The van der Waals surface area contributed by atoms with Crippen molar-refractivity contribution in [1.82, 2.24) is 10.6 Å². The van der Waals surface area contributed by atoms with Gasteiger partial charge in [0.15, 0.2) is 0 Å². The third kappa shape index (κ3) is 12.1. The van der Waals surface area contributed by atoms with Crippen molar-refractivity contribution in [3.63, 3.8) is 0 Å². The predicted octanol–water partition coefficient (Wildman–Crippen LogP) is 0.244. The lowest BCUT2D eigenvalue weighted by atomic mass is 10.0. The first kappa shape index (κ1) is 19.7. The summed E-state index contributed by atoms with van der Waals surface area (Å²) in [4.78, 5) is 22.1. The van der Waals surface area contributed by atoms with E-state index in [4.69, 9.17) is 10.2 Å². The Labute approximate surface area is 125 Å². The van der Waals surface area contributed by atoms with Crippen molar-refractivity contribution in [2.75, 3.05) is 12.3 Å². The van der Waals surface area contributed by atoms with E-state index < -0.39 is 16.0 Å². The van der Waals surface area contributed by atoms with E-state index in [9.17, 15) is 18.0 Å². The molecular formula is C12H25N3O5S. The fourth-order valence-electron chi connectivity index (χ4n) is 1.68. The first-order valence-corrected chi connectivity index (χ1v) is 8.61. The van der Waals surface area contributed by atoms with Crippen molar-refractivity contribution in [1.29, 1.82) is 0 Å².